The van der Waals surface area contributed by atoms with Crippen LogP contribution in [0.1, 0.15) is 31.9 Å². The summed E-state index contributed by atoms with van der Waals surface area (Å²) in [5.41, 5.74) is 10.3. The van der Waals surface area contributed by atoms with Gasteiger partial charge in [0, 0.05) is 5.56 Å². The molecule has 2 N–H and O–H groups in total. The zero-order valence-corrected chi connectivity index (χ0v) is 14.3. The van der Waals surface area contributed by atoms with Crippen molar-refractivity contribution in [3.8, 4) is 11.3 Å². The number of nitrogens with zero attached hydrogens (tertiary/aromatic N) is 3. The van der Waals surface area contributed by atoms with Crippen molar-refractivity contribution < 1.29 is 0 Å². The van der Waals surface area contributed by atoms with Crippen molar-refractivity contribution in [1.29, 1.82) is 0 Å². The Balaban J connectivity index is 1.89. The van der Waals surface area contributed by atoms with Crippen molar-refractivity contribution in [1.82, 2.24) is 9.66 Å². The monoisotopic (exact) mass is 318 g/mol. The van der Waals surface area contributed by atoms with E-state index < -0.39 is 0 Å². The summed E-state index contributed by atoms with van der Waals surface area (Å²) < 4.78 is 1.66. The van der Waals surface area contributed by atoms with E-state index >= 15 is 0 Å². The molecule has 2 aromatic carbocycles. The van der Waals surface area contributed by atoms with Crippen LogP contribution in [0.2, 0.25) is 0 Å². The first-order chi connectivity index (χ1) is 11.4. The van der Waals surface area contributed by atoms with Crippen molar-refractivity contribution in [3.05, 3.63) is 71.9 Å². The molecule has 3 aromatic rings. The SMILES string of the molecule is CC(C)(C)c1ccc(C=Nn2c(-c3ccccc3)cnc2N)cc1. The summed E-state index contributed by atoms with van der Waals surface area (Å²) in [5.74, 6) is 0.372. The van der Waals surface area contributed by atoms with Gasteiger partial charge in [-0.15, -0.1) is 0 Å². The molecule has 122 valence electrons. The number of hydrogen-bond acceptors (Lipinski definition) is 3. The Morgan fingerprint density at radius 1 is 1.00 bits per heavy atom. The third-order valence-corrected chi connectivity index (χ3v) is 3.93. The Kier molecular flexibility index (Phi) is 4.21. The number of hydrogen-bond donors (Lipinski definition) is 1. The van der Waals surface area contributed by atoms with Crippen molar-refractivity contribution in [3.63, 3.8) is 0 Å². The van der Waals surface area contributed by atoms with E-state index in [2.05, 4.69) is 55.1 Å². The smallest absolute Gasteiger partial charge is 0.221 e. The van der Waals surface area contributed by atoms with Gasteiger partial charge < -0.3 is 5.73 Å². The first-order valence-electron chi connectivity index (χ1n) is 7.99. The molecule has 0 unspecified atom stereocenters. The molecule has 1 aromatic heterocycles. The molecule has 0 bridgehead atoms. The standard InChI is InChI=1S/C20H22N4/c1-20(2,3)17-11-9-15(10-12-17)13-23-24-18(14-22-19(24)21)16-7-5-4-6-8-16/h4-14H,1-3H3,(H2,21,22). The van der Waals surface area contributed by atoms with Crippen LogP contribution in [0.4, 0.5) is 5.95 Å². The minimum Gasteiger partial charge on any atom is -0.368 e. The van der Waals surface area contributed by atoms with Crippen molar-refractivity contribution in [2.45, 2.75) is 26.2 Å². The highest BCUT2D eigenvalue weighted by Gasteiger charge is 2.12. The van der Waals surface area contributed by atoms with E-state index in [4.69, 9.17) is 5.73 Å². The minimum absolute atomic E-state index is 0.144. The van der Waals surface area contributed by atoms with E-state index in [0.717, 1.165) is 16.8 Å². The minimum atomic E-state index is 0.144. The number of nitrogen functional groups attached to an aromatic ring is 1. The number of anilines is 1. The molecule has 0 saturated carbocycles. The predicted octanol–water partition coefficient (Wildman–Crippen LogP) is 4.31. The maximum absolute atomic E-state index is 5.96. The topological polar surface area (TPSA) is 56.2 Å². The molecule has 0 aliphatic rings. The normalized spacial score (nSPS) is 12.0. The van der Waals surface area contributed by atoms with E-state index in [1.165, 1.54) is 5.56 Å². The Hall–Kier alpha value is -2.88. The van der Waals surface area contributed by atoms with Crippen molar-refractivity contribution >= 4 is 12.2 Å². The highest BCUT2D eigenvalue weighted by Crippen LogP contribution is 2.23. The second kappa shape index (κ2) is 6.32. The summed E-state index contributed by atoms with van der Waals surface area (Å²) in [5, 5.41) is 4.51. The number of rotatable bonds is 3. The second-order valence-corrected chi connectivity index (χ2v) is 6.80. The molecule has 0 spiro atoms. The second-order valence-electron chi connectivity index (χ2n) is 6.80. The van der Waals surface area contributed by atoms with Gasteiger partial charge in [0.05, 0.1) is 18.1 Å². The zero-order valence-electron chi connectivity index (χ0n) is 14.3. The summed E-state index contributed by atoms with van der Waals surface area (Å²) >= 11 is 0. The molecule has 1 heterocycles. The molecular weight excluding hydrogens is 296 g/mol. The van der Waals surface area contributed by atoms with Crippen LogP contribution >= 0.6 is 0 Å². The molecule has 0 atom stereocenters. The maximum Gasteiger partial charge on any atom is 0.221 e. The van der Waals surface area contributed by atoms with Gasteiger partial charge in [-0.05, 0) is 16.5 Å². The summed E-state index contributed by atoms with van der Waals surface area (Å²) in [4.78, 5) is 4.18. The van der Waals surface area contributed by atoms with Gasteiger partial charge in [-0.1, -0.05) is 75.4 Å². The van der Waals surface area contributed by atoms with Gasteiger partial charge in [-0.2, -0.15) is 9.78 Å². The van der Waals surface area contributed by atoms with E-state index in [1.54, 1.807) is 17.1 Å². The van der Waals surface area contributed by atoms with E-state index in [1.807, 2.05) is 30.3 Å². The van der Waals surface area contributed by atoms with Gasteiger partial charge in [0.2, 0.25) is 5.95 Å². The molecule has 0 saturated heterocycles. The van der Waals surface area contributed by atoms with Crippen LogP contribution in [0.25, 0.3) is 11.3 Å². The van der Waals surface area contributed by atoms with Crippen molar-refractivity contribution in [2.75, 3.05) is 5.73 Å². The van der Waals surface area contributed by atoms with E-state index in [0.29, 0.717) is 5.95 Å². The van der Waals surface area contributed by atoms with Gasteiger partial charge >= 0.3 is 0 Å². The fourth-order valence-electron chi connectivity index (χ4n) is 2.48. The summed E-state index contributed by atoms with van der Waals surface area (Å²) in [6.07, 6.45) is 3.54. The number of aromatic nitrogens is 2. The molecule has 4 nitrogen and oxygen atoms in total. The fourth-order valence-corrected chi connectivity index (χ4v) is 2.48. The first kappa shape index (κ1) is 16.0. The zero-order chi connectivity index (χ0) is 17.2. The molecular formula is C20H22N4. The summed E-state index contributed by atoms with van der Waals surface area (Å²) in [6, 6.07) is 18.4. The average Bonchev–Trinajstić information content (AvgIpc) is 2.94. The average molecular weight is 318 g/mol. The van der Waals surface area contributed by atoms with Crippen LogP contribution in [0.5, 0.6) is 0 Å². The summed E-state index contributed by atoms with van der Waals surface area (Å²) in [6.45, 7) is 6.61. The molecule has 0 aliphatic heterocycles. The quantitative estimate of drug-likeness (QED) is 0.731. The van der Waals surface area contributed by atoms with E-state index in [9.17, 15) is 0 Å². The molecule has 0 amide bonds. The Morgan fingerprint density at radius 2 is 1.67 bits per heavy atom. The van der Waals surface area contributed by atoms with E-state index in [-0.39, 0.29) is 5.41 Å². The summed E-state index contributed by atoms with van der Waals surface area (Å²) in [7, 11) is 0. The van der Waals surface area contributed by atoms with Crippen molar-refractivity contribution in [2.24, 2.45) is 5.10 Å². The highest BCUT2D eigenvalue weighted by atomic mass is 15.4. The largest absolute Gasteiger partial charge is 0.368 e. The molecule has 0 radical (unpaired) electrons. The molecule has 0 fully saturated rings. The third kappa shape index (κ3) is 3.38. The van der Waals surface area contributed by atoms with Crippen LogP contribution < -0.4 is 5.73 Å². The lowest BCUT2D eigenvalue weighted by atomic mass is 9.87. The van der Waals surface area contributed by atoms with Crippen LogP contribution in [-0.4, -0.2) is 15.9 Å². The highest BCUT2D eigenvalue weighted by molar-refractivity contribution is 5.80. The Morgan fingerprint density at radius 3 is 2.29 bits per heavy atom. The molecule has 24 heavy (non-hydrogen) atoms. The van der Waals surface area contributed by atoms with Gasteiger partial charge in [0.15, 0.2) is 0 Å². The lowest BCUT2D eigenvalue weighted by molar-refractivity contribution is 0.590. The Bertz CT molecular complexity index is 838. The Labute approximate surface area is 142 Å². The molecule has 3 rings (SSSR count). The number of benzene rings is 2. The van der Waals surface area contributed by atoms with Crippen LogP contribution in [-0.2, 0) is 5.41 Å². The van der Waals surface area contributed by atoms with Gasteiger partial charge in [0.25, 0.3) is 0 Å². The van der Waals surface area contributed by atoms with Crippen LogP contribution in [0, 0.1) is 0 Å². The van der Waals surface area contributed by atoms with Crippen LogP contribution in [0.3, 0.4) is 0 Å². The third-order valence-electron chi connectivity index (χ3n) is 3.93. The number of imidazole rings is 1. The lowest BCUT2D eigenvalue weighted by Crippen LogP contribution is -2.10. The fraction of sp³-hybridized carbons (Fsp3) is 0.200. The van der Waals surface area contributed by atoms with Gasteiger partial charge in [0.1, 0.15) is 0 Å². The predicted molar refractivity (Wildman–Crippen MR) is 100 cm³/mol. The van der Waals surface area contributed by atoms with Gasteiger partial charge in [-0.25, -0.2) is 4.98 Å². The molecule has 4 heteroatoms. The first-order valence-corrected chi connectivity index (χ1v) is 7.99. The number of nitrogens with two attached hydrogens (primary N) is 1. The lowest BCUT2D eigenvalue weighted by Gasteiger charge is -2.18. The van der Waals surface area contributed by atoms with Gasteiger partial charge in [-0.3, -0.25) is 0 Å². The van der Waals surface area contributed by atoms with Crippen LogP contribution in [0.15, 0.2) is 65.9 Å². The maximum atomic E-state index is 5.96. The molecule has 0 aliphatic carbocycles.